The van der Waals surface area contributed by atoms with Gasteiger partial charge in [-0.05, 0) is 38.5 Å². The number of carbonyl (C=O) groups is 2. The van der Waals surface area contributed by atoms with E-state index in [1.165, 1.54) is 11.3 Å². The van der Waals surface area contributed by atoms with Crippen molar-refractivity contribution in [2.45, 2.75) is 26.8 Å². The standard InChI is InChI=1S/C16H17ClN2O3S/c1-9(12-5-4-6-13(17)7-12)19-14(20)8-22-16(21)15-10(2)18-11(3)23-15/h4-7,9H,8H2,1-3H3,(H,19,20)/t9-/m1/s1. The van der Waals surface area contributed by atoms with Gasteiger partial charge < -0.3 is 10.1 Å². The van der Waals surface area contributed by atoms with E-state index in [-0.39, 0.29) is 18.6 Å². The quantitative estimate of drug-likeness (QED) is 0.837. The predicted octanol–water partition coefficient (Wildman–Crippen LogP) is 3.45. The molecule has 1 aromatic carbocycles. The first kappa shape index (κ1) is 17.4. The Morgan fingerprint density at radius 3 is 2.74 bits per heavy atom. The zero-order valence-electron chi connectivity index (χ0n) is 13.1. The van der Waals surface area contributed by atoms with Crippen LogP contribution in [-0.2, 0) is 9.53 Å². The second-order valence-electron chi connectivity index (χ2n) is 5.07. The molecule has 2 rings (SSSR count). The van der Waals surface area contributed by atoms with Crippen molar-refractivity contribution in [1.82, 2.24) is 10.3 Å². The molecule has 1 atom stereocenters. The maximum absolute atomic E-state index is 11.9. The SMILES string of the molecule is Cc1nc(C)c(C(=O)OCC(=O)N[C@H](C)c2cccc(Cl)c2)s1. The van der Waals surface area contributed by atoms with Crippen LogP contribution in [0, 0.1) is 13.8 Å². The topological polar surface area (TPSA) is 68.3 Å². The van der Waals surface area contributed by atoms with Crippen molar-refractivity contribution in [3.05, 3.63) is 50.4 Å². The second-order valence-corrected chi connectivity index (χ2v) is 6.71. The molecule has 1 aromatic heterocycles. The minimum absolute atomic E-state index is 0.229. The molecule has 23 heavy (non-hydrogen) atoms. The van der Waals surface area contributed by atoms with Crippen molar-refractivity contribution in [2.75, 3.05) is 6.61 Å². The highest BCUT2D eigenvalue weighted by Crippen LogP contribution is 2.19. The largest absolute Gasteiger partial charge is 0.451 e. The van der Waals surface area contributed by atoms with Crippen LogP contribution >= 0.6 is 22.9 Å². The zero-order valence-corrected chi connectivity index (χ0v) is 14.6. The normalized spacial score (nSPS) is 11.8. The summed E-state index contributed by atoms with van der Waals surface area (Å²) >= 11 is 7.18. The van der Waals surface area contributed by atoms with Crippen molar-refractivity contribution in [3.8, 4) is 0 Å². The molecular weight excluding hydrogens is 336 g/mol. The Labute approximate surface area is 143 Å². The average Bonchev–Trinajstić information content (AvgIpc) is 2.83. The summed E-state index contributed by atoms with van der Waals surface area (Å²) in [5.41, 5.74) is 1.50. The van der Waals surface area contributed by atoms with Crippen LogP contribution in [0.1, 0.15) is 38.9 Å². The maximum atomic E-state index is 11.9. The first-order valence-corrected chi connectivity index (χ1v) is 8.22. The lowest BCUT2D eigenvalue weighted by molar-refractivity contribution is -0.124. The van der Waals surface area contributed by atoms with Gasteiger partial charge in [-0.15, -0.1) is 11.3 Å². The monoisotopic (exact) mass is 352 g/mol. The summed E-state index contributed by atoms with van der Waals surface area (Å²) in [7, 11) is 0. The summed E-state index contributed by atoms with van der Waals surface area (Å²) < 4.78 is 5.04. The summed E-state index contributed by atoms with van der Waals surface area (Å²) in [5.74, 6) is -0.900. The minimum atomic E-state index is -0.529. The maximum Gasteiger partial charge on any atom is 0.350 e. The van der Waals surface area contributed by atoms with E-state index in [0.29, 0.717) is 15.6 Å². The number of ether oxygens (including phenoxy) is 1. The Morgan fingerprint density at radius 1 is 1.39 bits per heavy atom. The molecule has 1 N–H and O–H groups in total. The summed E-state index contributed by atoms with van der Waals surface area (Å²) in [6.07, 6.45) is 0. The minimum Gasteiger partial charge on any atom is -0.451 e. The molecule has 2 aromatic rings. The third-order valence-electron chi connectivity index (χ3n) is 3.15. The van der Waals surface area contributed by atoms with Crippen LogP contribution < -0.4 is 5.32 Å². The van der Waals surface area contributed by atoms with Crippen LogP contribution in [0.5, 0.6) is 0 Å². The molecule has 5 nitrogen and oxygen atoms in total. The lowest BCUT2D eigenvalue weighted by Crippen LogP contribution is -2.31. The lowest BCUT2D eigenvalue weighted by atomic mass is 10.1. The number of hydrogen-bond donors (Lipinski definition) is 1. The van der Waals surface area contributed by atoms with E-state index in [1.54, 1.807) is 19.1 Å². The van der Waals surface area contributed by atoms with Gasteiger partial charge >= 0.3 is 5.97 Å². The molecule has 0 unspecified atom stereocenters. The number of benzene rings is 1. The smallest absolute Gasteiger partial charge is 0.350 e. The molecule has 0 aliphatic heterocycles. The van der Waals surface area contributed by atoms with E-state index in [9.17, 15) is 9.59 Å². The molecule has 0 saturated heterocycles. The number of rotatable bonds is 5. The van der Waals surface area contributed by atoms with Gasteiger partial charge in [0.05, 0.1) is 16.7 Å². The van der Waals surface area contributed by atoms with E-state index >= 15 is 0 Å². The van der Waals surface area contributed by atoms with Gasteiger partial charge in [0, 0.05) is 5.02 Å². The van der Waals surface area contributed by atoms with Crippen LogP contribution in [0.2, 0.25) is 5.02 Å². The summed E-state index contributed by atoms with van der Waals surface area (Å²) in [5, 5.41) is 4.15. The third-order valence-corrected chi connectivity index (χ3v) is 4.44. The van der Waals surface area contributed by atoms with Crippen LogP contribution in [0.4, 0.5) is 0 Å². The molecule has 7 heteroatoms. The first-order chi connectivity index (χ1) is 10.9. The molecule has 0 fully saturated rings. The number of amides is 1. The number of carbonyl (C=O) groups excluding carboxylic acids is 2. The summed E-state index contributed by atoms with van der Waals surface area (Å²) in [4.78, 5) is 28.4. The van der Waals surface area contributed by atoms with E-state index in [0.717, 1.165) is 10.6 Å². The van der Waals surface area contributed by atoms with Crippen LogP contribution in [0.3, 0.4) is 0 Å². The molecule has 0 aliphatic rings. The van der Waals surface area contributed by atoms with Gasteiger partial charge in [-0.25, -0.2) is 9.78 Å². The average molecular weight is 353 g/mol. The first-order valence-electron chi connectivity index (χ1n) is 7.03. The fourth-order valence-electron chi connectivity index (χ4n) is 2.06. The predicted molar refractivity (Wildman–Crippen MR) is 89.9 cm³/mol. The van der Waals surface area contributed by atoms with Gasteiger partial charge in [0.25, 0.3) is 5.91 Å². The van der Waals surface area contributed by atoms with E-state index < -0.39 is 5.97 Å². The Kier molecular flexibility index (Phi) is 5.74. The van der Waals surface area contributed by atoms with Crippen molar-refractivity contribution in [3.63, 3.8) is 0 Å². The number of aryl methyl sites for hydroxylation is 2. The number of nitrogens with zero attached hydrogens (tertiary/aromatic N) is 1. The molecule has 1 amide bonds. The Bertz CT molecular complexity index is 730. The van der Waals surface area contributed by atoms with Crippen molar-refractivity contribution in [2.24, 2.45) is 0 Å². The Morgan fingerprint density at radius 2 is 2.13 bits per heavy atom. The molecule has 0 saturated carbocycles. The number of aromatic nitrogens is 1. The Hall–Kier alpha value is -1.92. The highest BCUT2D eigenvalue weighted by Gasteiger charge is 2.17. The number of hydrogen-bond acceptors (Lipinski definition) is 5. The summed E-state index contributed by atoms with van der Waals surface area (Å²) in [6, 6.07) is 7.00. The van der Waals surface area contributed by atoms with E-state index in [4.69, 9.17) is 16.3 Å². The Balaban J connectivity index is 1.87. The molecular formula is C16H17ClN2O3S. The van der Waals surface area contributed by atoms with Gasteiger partial charge in [-0.3, -0.25) is 4.79 Å². The zero-order chi connectivity index (χ0) is 17.0. The molecule has 0 spiro atoms. The van der Waals surface area contributed by atoms with E-state index in [1.807, 2.05) is 26.0 Å². The number of halogens is 1. The van der Waals surface area contributed by atoms with Gasteiger partial charge in [-0.1, -0.05) is 23.7 Å². The van der Waals surface area contributed by atoms with Crippen LogP contribution in [-0.4, -0.2) is 23.5 Å². The lowest BCUT2D eigenvalue weighted by Gasteiger charge is -2.14. The fraction of sp³-hybridized carbons (Fsp3) is 0.312. The summed E-state index contributed by atoms with van der Waals surface area (Å²) in [6.45, 7) is 5.05. The van der Waals surface area contributed by atoms with Gasteiger partial charge in [0.1, 0.15) is 4.88 Å². The number of esters is 1. The molecule has 122 valence electrons. The third kappa shape index (κ3) is 4.77. The van der Waals surface area contributed by atoms with Crippen molar-refractivity contribution in [1.29, 1.82) is 0 Å². The van der Waals surface area contributed by atoms with Crippen LogP contribution in [0.25, 0.3) is 0 Å². The molecule has 0 aliphatic carbocycles. The highest BCUT2D eigenvalue weighted by atomic mass is 35.5. The van der Waals surface area contributed by atoms with Gasteiger partial charge in [0.2, 0.25) is 0 Å². The van der Waals surface area contributed by atoms with Gasteiger partial charge in [0.15, 0.2) is 6.61 Å². The molecule has 0 bridgehead atoms. The van der Waals surface area contributed by atoms with E-state index in [2.05, 4.69) is 10.3 Å². The van der Waals surface area contributed by atoms with Crippen LogP contribution in [0.15, 0.2) is 24.3 Å². The fourth-order valence-corrected chi connectivity index (χ4v) is 3.07. The molecule has 1 heterocycles. The number of thiazole rings is 1. The van der Waals surface area contributed by atoms with Gasteiger partial charge in [-0.2, -0.15) is 0 Å². The molecule has 0 radical (unpaired) electrons. The highest BCUT2D eigenvalue weighted by molar-refractivity contribution is 7.13. The number of nitrogens with one attached hydrogen (secondary N) is 1. The second kappa shape index (κ2) is 7.57. The van der Waals surface area contributed by atoms with Crippen molar-refractivity contribution < 1.29 is 14.3 Å². The van der Waals surface area contributed by atoms with Crippen molar-refractivity contribution >= 4 is 34.8 Å².